The molecule has 1 amide bonds. The first-order valence-corrected chi connectivity index (χ1v) is 6.31. The summed E-state index contributed by atoms with van der Waals surface area (Å²) in [5, 5.41) is 11.7. The summed E-state index contributed by atoms with van der Waals surface area (Å²) in [5.41, 5.74) is 0.550. The Balaban J connectivity index is 2.05. The molecule has 5 heteroatoms. The van der Waals surface area contributed by atoms with E-state index < -0.39 is 18.1 Å². The zero-order chi connectivity index (χ0) is 13.8. The standard InChI is InChI=1S/C14H17NO4/c1-9-7-8-11(19-9)13(16)15-12(14(17)18)10-5-3-2-4-6-10/h2-6,9,11-12H,7-8H2,1H3,(H,15,16)(H,17,18). The maximum Gasteiger partial charge on any atom is 0.330 e. The number of aliphatic carboxylic acids is 1. The third kappa shape index (κ3) is 3.32. The number of hydrogen-bond acceptors (Lipinski definition) is 3. The van der Waals surface area contributed by atoms with Gasteiger partial charge in [-0.2, -0.15) is 0 Å². The lowest BCUT2D eigenvalue weighted by Crippen LogP contribution is -2.40. The van der Waals surface area contributed by atoms with Gasteiger partial charge in [-0.1, -0.05) is 30.3 Å². The molecule has 0 spiro atoms. The molecule has 1 aliphatic heterocycles. The number of carbonyl (C=O) groups excluding carboxylic acids is 1. The average molecular weight is 263 g/mol. The smallest absolute Gasteiger partial charge is 0.330 e. The Kier molecular flexibility index (Phi) is 4.16. The van der Waals surface area contributed by atoms with Crippen LogP contribution in [0.2, 0.25) is 0 Å². The summed E-state index contributed by atoms with van der Waals surface area (Å²) >= 11 is 0. The van der Waals surface area contributed by atoms with Gasteiger partial charge >= 0.3 is 5.97 Å². The highest BCUT2D eigenvalue weighted by atomic mass is 16.5. The molecule has 19 heavy (non-hydrogen) atoms. The first-order chi connectivity index (χ1) is 9.08. The van der Waals surface area contributed by atoms with E-state index in [1.165, 1.54) is 0 Å². The van der Waals surface area contributed by atoms with Crippen molar-refractivity contribution in [3.63, 3.8) is 0 Å². The van der Waals surface area contributed by atoms with E-state index in [4.69, 9.17) is 4.74 Å². The van der Waals surface area contributed by atoms with Crippen molar-refractivity contribution in [3.8, 4) is 0 Å². The number of amides is 1. The molecule has 0 saturated carbocycles. The lowest BCUT2D eigenvalue weighted by atomic mass is 10.1. The Hall–Kier alpha value is -1.88. The molecule has 1 fully saturated rings. The number of carboxylic acids is 1. The maximum atomic E-state index is 12.0. The van der Waals surface area contributed by atoms with E-state index in [1.54, 1.807) is 30.3 Å². The molecule has 1 aromatic rings. The van der Waals surface area contributed by atoms with E-state index in [2.05, 4.69) is 5.32 Å². The van der Waals surface area contributed by atoms with Crippen molar-refractivity contribution in [3.05, 3.63) is 35.9 Å². The second kappa shape index (κ2) is 5.84. The highest BCUT2D eigenvalue weighted by Crippen LogP contribution is 2.20. The van der Waals surface area contributed by atoms with Gasteiger partial charge in [-0.15, -0.1) is 0 Å². The summed E-state index contributed by atoms with van der Waals surface area (Å²) in [5.74, 6) is -1.44. The molecule has 0 radical (unpaired) electrons. The van der Waals surface area contributed by atoms with Crippen molar-refractivity contribution in [2.24, 2.45) is 0 Å². The summed E-state index contributed by atoms with van der Waals surface area (Å²) in [7, 11) is 0. The summed E-state index contributed by atoms with van der Waals surface area (Å²) in [6, 6.07) is 7.60. The highest BCUT2D eigenvalue weighted by Gasteiger charge is 2.31. The Morgan fingerprint density at radius 1 is 1.32 bits per heavy atom. The van der Waals surface area contributed by atoms with Gasteiger partial charge in [0.15, 0.2) is 6.04 Å². The molecule has 1 saturated heterocycles. The van der Waals surface area contributed by atoms with E-state index in [0.29, 0.717) is 12.0 Å². The fraction of sp³-hybridized carbons (Fsp3) is 0.429. The molecule has 5 nitrogen and oxygen atoms in total. The number of ether oxygens (including phenoxy) is 1. The Bertz CT molecular complexity index is 460. The van der Waals surface area contributed by atoms with Crippen LogP contribution in [0.4, 0.5) is 0 Å². The first-order valence-electron chi connectivity index (χ1n) is 6.31. The van der Waals surface area contributed by atoms with E-state index >= 15 is 0 Å². The lowest BCUT2D eigenvalue weighted by Gasteiger charge is -2.17. The molecule has 0 bridgehead atoms. The number of nitrogens with one attached hydrogen (secondary N) is 1. The van der Waals surface area contributed by atoms with Gasteiger partial charge in [-0.3, -0.25) is 4.79 Å². The van der Waals surface area contributed by atoms with E-state index in [9.17, 15) is 14.7 Å². The predicted octanol–water partition coefficient (Wildman–Crippen LogP) is 1.50. The fourth-order valence-electron chi connectivity index (χ4n) is 2.16. The van der Waals surface area contributed by atoms with Crippen LogP contribution in [-0.4, -0.2) is 29.2 Å². The lowest BCUT2D eigenvalue weighted by molar-refractivity contribution is -0.144. The quantitative estimate of drug-likeness (QED) is 0.863. The highest BCUT2D eigenvalue weighted by molar-refractivity contribution is 5.87. The van der Waals surface area contributed by atoms with Crippen LogP contribution >= 0.6 is 0 Å². The normalized spacial score (nSPS) is 23.8. The zero-order valence-corrected chi connectivity index (χ0v) is 10.7. The fourth-order valence-corrected chi connectivity index (χ4v) is 2.16. The summed E-state index contributed by atoms with van der Waals surface area (Å²) in [4.78, 5) is 23.2. The number of rotatable bonds is 4. The molecule has 1 aliphatic rings. The van der Waals surface area contributed by atoms with Gasteiger partial charge in [0, 0.05) is 0 Å². The third-order valence-electron chi connectivity index (χ3n) is 3.19. The molecule has 1 aromatic carbocycles. The van der Waals surface area contributed by atoms with Crippen molar-refractivity contribution < 1.29 is 19.4 Å². The van der Waals surface area contributed by atoms with Gasteiger partial charge in [-0.05, 0) is 25.3 Å². The van der Waals surface area contributed by atoms with Crippen LogP contribution in [0.15, 0.2) is 30.3 Å². The van der Waals surface area contributed by atoms with Crippen molar-refractivity contribution >= 4 is 11.9 Å². The van der Waals surface area contributed by atoms with Crippen molar-refractivity contribution in [2.75, 3.05) is 0 Å². The van der Waals surface area contributed by atoms with Crippen molar-refractivity contribution in [1.29, 1.82) is 0 Å². The largest absolute Gasteiger partial charge is 0.479 e. The van der Waals surface area contributed by atoms with Crippen LogP contribution in [0.1, 0.15) is 31.4 Å². The Morgan fingerprint density at radius 2 is 2.00 bits per heavy atom. The molecule has 0 aliphatic carbocycles. The molecule has 102 valence electrons. The molecule has 3 atom stereocenters. The summed E-state index contributed by atoms with van der Waals surface area (Å²) < 4.78 is 5.43. The monoisotopic (exact) mass is 263 g/mol. The summed E-state index contributed by atoms with van der Waals surface area (Å²) in [6.45, 7) is 1.90. The Labute approximate surface area is 111 Å². The first kappa shape index (κ1) is 13.5. The number of carbonyl (C=O) groups is 2. The predicted molar refractivity (Wildman–Crippen MR) is 68.5 cm³/mol. The molecule has 2 N–H and O–H groups in total. The SMILES string of the molecule is CC1CCC(C(=O)NC(C(=O)O)c2ccccc2)O1. The van der Waals surface area contributed by atoms with Crippen LogP contribution in [0, 0.1) is 0 Å². The minimum atomic E-state index is -1.08. The average Bonchev–Trinajstić information content (AvgIpc) is 2.83. The molecule has 2 rings (SSSR count). The van der Waals surface area contributed by atoms with Gasteiger partial charge in [0.05, 0.1) is 6.10 Å². The number of hydrogen-bond donors (Lipinski definition) is 2. The molecular formula is C14H17NO4. The second-order valence-corrected chi connectivity index (χ2v) is 4.70. The van der Waals surface area contributed by atoms with E-state index in [0.717, 1.165) is 6.42 Å². The molecular weight excluding hydrogens is 246 g/mol. The zero-order valence-electron chi connectivity index (χ0n) is 10.7. The van der Waals surface area contributed by atoms with Crippen molar-refractivity contribution in [1.82, 2.24) is 5.32 Å². The van der Waals surface area contributed by atoms with E-state index in [-0.39, 0.29) is 12.0 Å². The van der Waals surface area contributed by atoms with Crippen LogP contribution in [0.25, 0.3) is 0 Å². The minimum Gasteiger partial charge on any atom is -0.479 e. The van der Waals surface area contributed by atoms with Crippen LogP contribution in [0.3, 0.4) is 0 Å². The van der Waals surface area contributed by atoms with E-state index in [1.807, 2.05) is 6.92 Å². The van der Waals surface area contributed by atoms with Crippen molar-refractivity contribution in [2.45, 2.75) is 38.0 Å². The molecule has 0 aromatic heterocycles. The van der Waals surface area contributed by atoms with Crippen LogP contribution < -0.4 is 5.32 Å². The molecule has 1 heterocycles. The maximum absolute atomic E-state index is 12.0. The molecule has 3 unspecified atom stereocenters. The van der Waals surface area contributed by atoms with Gasteiger partial charge in [-0.25, -0.2) is 4.79 Å². The number of carboxylic acid groups (broad SMARTS) is 1. The Morgan fingerprint density at radius 3 is 2.53 bits per heavy atom. The second-order valence-electron chi connectivity index (χ2n) is 4.70. The van der Waals surface area contributed by atoms with Gasteiger partial charge in [0.25, 0.3) is 0 Å². The van der Waals surface area contributed by atoms with Crippen LogP contribution in [0.5, 0.6) is 0 Å². The third-order valence-corrected chi connectivity index (χ3v) is 3.19. The minimum absolute atomic E-state index is 0.0516. The van der Waals surface area contributed by atoms with Gasteiger partial charge < -0.3 is 15.2 Å². The van der Waals surface area contributed by atoms with Gasteiger partial charge in [0.1, 0.15) is 6.10 Å². The topological polar surface area (TPSA) is 75.6 Å². The van der Waals surface area contributed by atoms with Gasteiger partial charge in [0.2, 0.25) is 5.91 Å². The number of benzene rings is 1. The summed E-state index contributed by atoms with van der Waals surface area (Å²) in [6.07, 6.45) is 0.964. The van der Waals surface area contributed by atoms with Crippen LogP contribution in [-0.2, 0) is 14.3 Å².